The Labute approximate surface area is 165 Å². The third-order valence-corrected chi connectivity index (χ3v) is 5.72. The van der Waals surface area contributed by atoms with Gasteiger partial charge in [0.1, 0.15) is 0 Å². The predicted molar refractivity (Wildman–Crippen MR) is 105 cm³/mol. The van der Waals surface area contributed by atoms with Crippen molar-refractivity contribution in [1.82, 2.24) is 10.6 Å². The molecule has 1 aromatic carbocycles. The maximum Gasteiger partial charge on any atom is 0.315 e. The van der Waals surface area contributed by atoms with Crippen LogP contribution in [0.3, 0.4) is 0 Å². The van der Waals surface area contributed by atoms with Crippen molar-refractivity contribution in [3.63, 3.8) is 0 Å². The molecule has 0 atom stereocenters. The summed E-state index contributed by atoms with van der Waals surface area (Å²) in [6, 6.07) is 5.48. The lowest BCUT2D eigenvalue weighted by Crippen LogP contribution is -2.43. The number of amides is 2. The highest BCUT2D eigenvalue weighted by atomic mass is 16.5. The maximum absolute atomic E-state index is 12.3. The Kier molecular flexibility index (Phi) is 7.01. The van der Waals surface area contributed by atoms with Gasteiger partial charge in [0.05, 0.1) is 19.1 Å². The molecule has 28 heavy (non-hydrogen) atoms. The number of urea groups is 1. The predicted octanol–water partition coefficient (Wildman–Crippen LogP) is 3.46. The maximum atomic E-state index is 12.3. The Bertz CT molecular complexity index is 679. The van der Waals surface area contributed by atoms with Gasteiger partial charge < -0.3 is 25.2 Å². The van der Waals surface area contributed by atoms with Gasteiger partial charge in [0.2, 0.25) is 0 Å². The number of benzene rings is 1. The van der Waals surface area contributed by atoms with Crippen LogP contribution in [-0.2, 0) is 11.3 Å². The molecule has 0 aromatic heterocycles. The van der Waals surface area contributed by atoms with Gasteiger partial charge in [-0.25, -0.2) is 4.79 Å². The number of hydrogen-bond donors (Lipinski definition) is 3. The Morgan fingerprint density at radius 3 is 2.46 bits per heavy atom. The Morgan fingerprint density at radius 1 is 1.11 bits per heavy atom. The third kappa shape index (κ3) is 5.30. The summed E-state index contributed by atoms with van der Waals surface area (Å²) in [5, 5.41) is 14.9. The number of carbonyl (C=O) groups excluding carboxylic acids is 1. The molecule has 2 fully saturated rings. The van der Waals surface area contributed by atoms with E-state index >= 15 is 0 Å². The summed E-state index contributed by atoms with van der Waals surface area (Å²) in [4.78, 5) is 23.3. The molecule has 0 radical (unpaired) electrons. The lowest BCUT2D eigenvalue weighted by Gasteiger charge is -2.27. The van der Waals surface area contributed by atoms with E-state index in [0.717, 1.165) is 18.4 Å². The average molecular weight is 390 g/mol. The molecular weight excluding hydrogens is 360 g/mol. The number of aliphatic carboxylic acids is 1. The van der Waals surface area contributed by atoms with Crippen molar-refractivity contribution >= 4 is 12.0 Å². The van der Waals surface area contributed by atoms with Gasteiger partial charge in [-0.2, -0.15) is 0 Å². The van der Waals surface area contributed by atoms with Crippen LogP contribution >= 0.6 is 0 Å². The van der Waals surface area contributed by atoms with Crippen LogP contribution in [0.4, 0.5) is 4.79 Å². The fourth-order valence-corrected chi connectivity index (χ4v) is 4.06. The van der Waals surface area contributed by atoms with Crippen molar-refractivity contribution < 1.29 is 24.2 Å². The first-order chi connectivity index (χ1) is 13.6. The second kappa shape index (κ2) is 9.66. The molecule has 2 saturated carbocycles. The monoisotopic (exact) mass is 390 g/mol. The van der Waals surface area contributed by atoms with Crippen molar-refractivity contribution in [2.45, 2.75) is 70.1 Å². The SMILES string of the molecule is COc1cccc(CNC(=O)NC2CCC(C(=O)O)CC2)c1OC1CCCC1. The molecule has 3 N–H and O–H groups in total. The van der Waals surface area contributed by atoms with Gasteiger partial charge in [-0.15, -0.1) is 0 Å². The third-order valence-electron chi connectivity index (χ3n) is 5.72. The number of methoxy groups -OCH3 is 1. The van der Waals surface area contributed by atoms with E-state index in [2.05, 4.69) is 10.6 Å². The summed E-state index contributed by atoms with van der Waals surface area (Å²) in [7, 11) is 1.62. The molecule has 2 aliphatic rings. The summed E-state index contributed by atoms with van der Waals surface area (Å²) in [6.45, 7) is 0.343. The number of hydrogen-bond acceptors (Lipinski definition) is 4. The van der Waals surface area contributed by atoms with Gasteiger partial charge in [0.25, 0.3) is 0 Å². The van der Waals surface area contributed by atoms with Crippen LogP contribution in [0.2, 0.25) is 0 Å². The molecule has 2 aliphatic carbocycles. The van der Waals surface area contributed by atoms with Crippen LogP contribution in [0, 0.1) is 5.92 Å². The smallest absolute Gasteiger partial charge is 0.315 e. The number of ether oxygens (including phenoxy) is 2. The molecule has 0 aliphatic heterocycles. The zero-order valence-corrected chi connectivity index (χ0v) is 16.4. The first-order valence-electron chi connectivity index (χ1n) is 10.2. The second-order valence-electron chi connectivity index (χ2n) is 7.69. The van der Waals surface area contributed by atoms with Crippen LogP contribution in [0.5, 0.6) is 11.5 Å². The Morgan fingerprint density at radius 2 is 1.82 bits per heavy atom. The van der Waals surface area contributed by atoms with E-state index in [1.54, 1.807) is 7.11 Å². The standard InChI is InChI=1S/C21H30N2O5/c1-27-18-8-4-5-15(19(18)28-17-6-2-3-7-17)13-22-21(26)23-16-11-9-14(10-12-16)20(24)25/h4-5,8,14,16-17H,2-3,6-7,9-13H2,1H3,(H,24,25)(H2,22,23,26). The fraction of sp³-hybridized carbons (Fsp3) is 0.619. The number of carboxylic acid groups (broad SMARTS) is 1. The minimum Gasteiger partial charge on any atom is -0.493 e. The number of carboxylic acids is 1. The summed E-state index contributed by atoms with van der Waals surface area (Å²) in [6.07, 6.45) is 7.26. The number of carbonyl (C=O) groups is 2. The minimum atomic E-state index is -0.740. The lowest BCUT2D eigenvalue weighted by atomic mass is 9.86. The second-order valence-corrected chi connectivity index (χ2v) is 7.69. The molecule has 0 saturated heterocycles. The summed E-state index contributed by atoms with van der Waals surface area (Å²) >= 11 is 0. The van der Waals surface area contributed by atoms with Crippen molar-refractivity contribution in [2.75, 3.05) is 7.11 Å². The molecule has 0 bridgehead atoms. The Hall–Kier alpha value is -2.44. The quantitative estimate of drug-likeness (QED) is 0.662. The van der Waals surface area contributed by atoms with Crippen molar-refractivity contribution in [3.05, 3.63) is 23.8 Å². The van der Waals surface area contributed by atoms with Gasteiger partial charge in [-0.1, -0.05) is 12.1 Å². The summed E-state index contributed by atoms with van der Waals surface area (Å²) in [5.41, 5.74) is 0.885. The minimum absolute atomic E-state index is 0.0233. The molecule has 7 nitrogen and oxygen atoms in total. The van der Waals surface area contributed by atoms with Gasteiger partial charge in [0.15, 0.2) is 11.5 Å². The van der Waals surface area contributed by atoms with Crippen LogP contribution in [0.25, 0.3) is 0 Å². The number of nitrogens with one attached hydrogen (secondary N) is 2. The number of para-hydroxylation sites is 1. The first kappa shape index (κ1) is 20.3. The van der Waals surface area contributed by atoms with E-state index in [1.165, 1.54) is 12.8 Å². The molecule has 7 heteroatoms. The molecule has 0 heterocycles. The van der Waals surface area contributed by atoms with Crippen LogP contribution < -0.4 is 20.1 Å². The van der Waals surface area contributed by atoms with E-state index in [1.807, 2.05) is 18.2 Å². The summed E-state index contributed by atoms with van der Waals surface area (Å²) in [5.74, 6) is 0.363. The highest BCUT2D eigenvalue weighted by Crippen LogP contribution is 2.34. The van der Waals surface area contributed by atoms with Crippen LogP contribution in [0.1, 0.15) is 56.9 Å². The van der Waals surface area contributed by atoms with E-state index in [-0.39, 0.29) is 24.1 Å². The first-order valence-corrected chi connectivity index (χ1v) is 10.2. The highest BCUT2D eigenvalue weighted by molar-refractivity contribution is 5.74. The van der Waals surface area contributed by atoms with E-state index in [9.17, 15) is 9.59 Å². The van der Waals surface area contributed by atoms with E-state index in [0.29, 0.717) is 43.7 Å². The van der Waals surface area contributed by atoms with Crippen molar-refractivity contribution in [2.24, 2.45) is 5.92 Å². The fourth-order valence-electron chi connectivity index (χ4n) is 4.06. The normalized spacial score (nSPS) is 22.5. The van der Waals surface area contributed by atoms with Crippen molar-refractivity contribution in [1.29, 1.82) is 0 Å². The van der Waals surface area contributed by atoms with Gasteiger partial charge in [-0.05, 0) is 57.4 Å². The van der Waals surface area contributed by atoms with Gasteiger partial charge >= 0.3 is 12.0 Å². The summed E-state index contributed by atoms with van der Waals surface area (Å²) < 4.78 is 11.6. The topological polar surface area (TPSA) is 96.9 Å². The molecule has 3 rings (SSSR count). The molecule has 2 amide bonds. The number of rotatable bonds is 7. The average Bonchev–Trinajstić information content (AvgIpc) is 3.20. The van der Waals surface area contributed by atoms with Crippen molar-refractivity contribution in [3.8, 4) is 11.5 Å². The largest absolute Gasteiger partial charge is 0.493 e. The zero-order valence-electron chi connectivity index (χ0n) is 16.4. The zero-order chi connectivity index (χ0) is 19.9. The highest BCUT2D eigenvalue weighted by Gasteiger charge is 2.27. The lowest BCUT2D eigenvalue weighted by molar-refractivity contribution is -0.142. The molecule has 0 unspecified atom stereocenters. The molecule has 0 spiro atoms. The molecule has 154 valence electrons. The van der Waals surface area contributed by atoms with Crippen LogP contribution in [-0.4, -0.2) is 36.4 Å². The van der Waals surface area contributed by atoms with E-state index in [4.69, 9.17) is 14.6 Å². The van der Waals surface area contributed by atoms with Gasteiger partial charge in [-0.3, -0.25) is 4.79 Å². The van der Waals surface area contributed by atoms with Crippen LogP contribution in [0.15, 0.2) is 18.2 Å². The van der Waals surface area contributed by atoms with Gasteiger partial charge in [0, 0.05) is 18.2 Å². The molecular formula is C21H30N2O5. The molecule has 1 aromatic rings. The Balaban J connectivity index is 1.53. The van der Waals surface area contributed by atoms with E-state index < -0.39 is 5.97 Å².